The second kappa shape index (κ2) is 9.65. The maximum Gasteiger partial charge on any atom is 0.426 e. The lowest BCUT2D eigenvalue weighted by molar-refractivity contribution is -0.125. The minimum absolute atomic E-state index is 0.0925. The van der Waals surface area contributed by atoms with E-state index in [2.05, 4.69) is 16.2 Å². The van der Waals surface area contributed by atoms with Crippen LogP contribution in [0.3, 0.4) is 0 Å². The molecule has 1 rings (SSSR count). The van der Waals surface area contributed by atoms with Gasteiger partial charge in [0, 0.05) is 0 Å². The van der Waals surface area contributed by atoms with Gasteiger partial charge in [-0.2, -0.15) is 0 Å². The van der Waals surface area contributed by atoms with Crippen molar-refractivity contribution in [1.29, 1.82) is 0 Å². The van der Waals surface area contributed by atoms with E-state index in [9.17, 15) is 14.4 Å². The van der Waals surface area contributed by atoms with Gasteiger partial charge >= 0.3 is 12.2 Å². The van der Waals surface area contributed by atoms with Crippen LogP contribution in [-0.4, -0.2) is 29.7 Å². The largest absolute Gasteiger partial charge is 0.445 e. The third kappa shape index (κ3) is 8.36. The van der Waals surface area contributed by atoms with Gasteiger partial charge in [0.05, 0.1) is 0 Å². The summed E-state index contributed by atoms with van der Waals surface area (Å²) in [6.07, 6.45) is -1.51. The fourth-order valence-corrected chi connectivity index (χ4v) is 1.92. The highest BCUT2D eigenvalue weighted by Crippen LogP contribution is 2.07. The summed E-state index contributed by atoms with van der Waals surface area (Å²) in [5.41, 5.74) is 4.53. The third-order valence-electron chi connectivity index (χ3n) is 3.12. The summed E-state index contributed by atoms with van der Waals surface area (Å²) in [7, 11) is 0. The molecular formula is C18H27N3O5. The van der Waals surface area contributed by atoms with Crippen LogP contribution in [0.25, 0.3) is 0 Å². The van der Waals surface area contributed by atoms with Gasteiger partial charge in [0.1, 0.15) is 18.2 Å². The van der Waals surface area contributed by atoms with Gasteiger partial charge in [-0.1, -0.05) is 44.2 Å². The predicted octanol–water partition coefficient (Wildman–Crippen LogP) is 2.49. The highest BCUT2D eigenvalue weighted by Gasteiger charge is 2.26. The molecule has 0 spiro atoms. The molecule has 3 N–H and O–H groups in total. The van der Waals surface area contributed by atoms with E-state index in [0.717, 1.165) is 5.56 Å². The Labute approximate surface area is 153 Å². The van der Waals surface area contributed by atoms with Crippen molar-refractivity contribution in [2.24, 2.45) is 5.92 Å². The zero-order valence-electron chi connectivity index (χ0n) is 15.8. The molecule has 144 valence electrons. The van der Waals surface area contributed by atoms with Crippen LogP contribution < -0.4 is 16.2 Å². The van der Waals surface area contributed by atoms with Crippen LogP contribution in [-0.2, 0) is 20.9 Å². The summed E-state index contributed by atoms with van der Waals surface area (Å²) in [6.45, 7) is 8.72. The Morgan fingerprint density at radius 3 is 2.15 bits per heavy atom. The van der Waals surface area contributed by atoms with Gasteiger partial charge in [0.2, 0.25) is 0 Å². The number of carbonyl (C=O) groups is 3. The molecule has 1 atom stereocenters. The number of hydrogen-bond donors (Lipinski definition) is 3. The number of carbonyl (C=O) groups excluding carboxylic acids is 3. The summed E-state index contributed by atoms with van der Waals surface area (Å²) in [6, 6.07) is 8.30. The van der Waals surface area contributed by atoms with Gasteiger partial charge in [-0.15, -0.1) is 0 Å². The van der Waals surface area contributed by atoms with Crippen molar-refractivity contribution in [1.82, 2.24) is 16.2 Å². The summed E-state index contributed by atoms with van der Waals surface area (Å²) in [5.74, 6) is -0.803. The Bertz CT molecular complexity index is 611. The van der Waals surface area contributed by atoms with Crippen LogP contribution in [0.1, 0.15) is 40.2 Å². The average Bonchev–Trinajstić information content (AvgIpc) is 2.55. The first-order valence-corrected chi connectivity index (χ1v) is 8.34. The molecule has 0 aliphatic rings. The van der Waals surface area contributed by atoms with E-state index in [-0.39, 0.29) is 12.5 Å². The van der Waals surface area contributed by atoms with Gasteiger partial charge in [-0.25, -0.2) is 15.0 Å². The fourth-order valence-electron chi connectivity index (χ4n) is 1.92. The molecule has 8 heteroatoms. The minimum atomic E-state index is -0.881. The molecule has 0 saturated carbocycles. The second-order valence-corrected chi connectivity index (χ2v) is 7.04. The van der Waals surface area contributed by atoms with Crippen LogP contribution in [0.5, 0.6) is 0 Å². The fraction of sp³-hybridized carbons (Fsp3) is 0.500. The molecule has 26 heavy (non-hydrogen) atoms. The van der Waals surface area contributed by atoms with Crippen LogP contribution >= 0.6 is 0 Å². The number of alkyl carbamates (subject to hydrolysis) is 1. The van der Waals surface area contributed by atoms with E-state index < -0.39 is 29.7 Å². The maximum atomic E-state index is 12.2. The normalized spacial score (nSPS) is 12.1. The molecule has 0 aromatic heterocycles. The monoisotopic (exact) mass is 365 g/mol. The van der Waals surface area contributed by atoms with Crippen molar-refractivity contribution in [3.63, 3.8) is 0 Å². The van der Waals surface area contributed by atoms with Crippen molar-refractivity contribution in [2.45, 2.75) is 52.9 Å². The molecule has 1 aromatic carbocycles. The smallest absolute Gasteiger partial charge is 0.426 e. The van der Waals surface area contributed by atoms with Gasteiger partial charge in [0.25, 0.3) is 5.91 Å². The first-order valence-electron chi connectivity index (χ1n) is 8.34. The summed E-state index contributed by atoms with van der Waals surface area (Å²) >= 11 is 0. The number of hydrogen-bond acceptors (Lipinski definition) is 5. The molecule has 0 heterocycles. The SMILES string of the molecule is CC(C)[C@H](NC(=O)OCc1ccccc1)C(=O)NNC(=O)OC(C)(C)C. The Balaban J connectivity index is 2.49. The van der Waals surface area contributed by atoms with Crippen LogP contribution in [0.2, 0.25) is 0 Å². The number of rotatable bonds is 5. The first-order chi connectivity index (χ1) is 12.1. The molecule has 0 unspecified atom stereocenters. The molecule has 0 saturated heterocycles. The standard InChI is InChI=1S/C18H27N3O5/c1-12(2)14(15(22)20-21-17(24)26-18(3,4)5)19-16(23)25-11-13-9-7-6-8-10-13/h6-10,12,14H,11H2,1-5H3,(H,19,23)(H,20,22)(H,21,24)/t14-/m0/s1. The van der Waals surface area contributed by atoms with Crippen LogP contribution in [0.4, 0.5) is 9.59 Å². The Kier molecular flexibility index (Phi) is 7.89. The molecule has 3 amide bonds. The van der Waals surface area contributed by atoms with Crippen molar-refractivity contribution in [3.8, 4) is 0 Å². The lowest BCUT2D eigenvalue weighted by atomic mass is 10.0. The van der Waals surface area contributed by atoms with Crippen molar-refractivity contribution in [3.05, 3.63) is 35.9 Å². The van der Waals surface area contributed by atoms with Crippen LogP contribution in [0.15, 0.2) is 30.3 Å². The number of hydrazine groups is 1. The Morgan fingerprint density at radius 1 is 1.00 bits per heavy atom. The first kappa shape index (κ1) is 21.3. The van der Waals surface area contributed by atoms with Crippen molar-refractivity contribution < 1.29 is 23.9 Å². The maximum absolute atomic E-state index is 12.2. The van der Waals surface area contributed by atoms with E-state index in [0.29, 0.717) is 0 Å². The predicted molar refractivity (Wildman–Crippen MR) is 95.9 cm³/mol. The quantitative estimate of drug-likeness (QED) is 0.695. The molecule has 8 nitrogen and oxygen atoms in total. The lowest BCUT2D eigenvalue weighted by Gasteiger charge is -2.23. The number of nitrogens with one attached hydrogen (secondary N) is 3. The van der Waals surface area contributed by atoms with Gasteiger partial charge in [-0.3, -0.25) is 10.2 Å². The number of amides is 3. The average molecular weight is 365 g/mol. The lowest BCUT2D eigenvalue weighted by Crippen LogP contribution is -2.55. The molecule has 0 radical (unpaired) electrons. The van der Waals surface area contributed by atoms with E-state index in [1.807, 2.05) is 30.3 Å². The highest BCUT2D eigenvalue weighted by atomic mass is 16.6. The van der Waals surface area contributed by atoms with E-state index in [1.54, 1.807) is 34.6 Å². The minimum Gasteiger partial charge on any atom is -0.445 e. The zero-order chi connectivity index (χ0) is 19.7. The molecule has 0 aliphatic carbocycles. The molecule has 0 bridgehead atoms. The summed E-state index contributed by atoms with van der Waals surface area (Å²) in [4.78, 5) is 35.7. The zero-order valence-corrected chi connectivity index (χ0v) is 15.8. The highest BCUT2D eigenvalue weighted by molar-refractivity contribution is 5.87. The summed E-state index contributed by atoms with van der Waals surface area (Å²) in [5, 5.41) is 2.49. The van der Waals surface area contributed by atoms with E-state index in [4.69, 9.17) is 9.47 Å². The molecule has 1 aromatic rings. The van der Waals surface area contributed by atoms with Gasteiger partial charge < -0.3 is 14.8 Å². The van der Waals surface area contributed by atoms with Crippen molar-refractivity contribution >= 4 is 18.1 Å². The van der Waals surface area contributed by atoms with Crippen molar-refractivity contribution in [2.75, 3.05) is 0 Å². The number of benzene rings is 1. The summed E-state index contributed by atoms with van der Waals surface area (Å²) < 4.78 is 10.1. The van der Waals surface area contributed by atoms with Gasteiger partial charge in [-0.05, 0) is 32.3 Å². The molecule has 0 fully saturated rings. The second-order valence-electron chi connectivity index (χ2n) is 7.04. The Hall–Kier alpha value is -2.77. The molecule has 0 aliphatic heterocycles. The van der Waals surface area contributed by atoms with Gasteiger partial charge in [0.15, 0.2) is 0 Å². The molecular weight excluding hydrogens is 338 g/mol. The Morgan fingerprint density at radius 2 is 1.62 bits per heavy atom. The topological polar surface area (TPSA) is 106 Å². The van der Waals surface area contributed by atoms with E-state index in [1.165, 1.54) is 0 Å². The third-order valence-corrected chi connectivity index (χ3v) is 3.12. The number of ether oxygens (including phenoxy) is 2. The van der Waals surface area contributed by atoms with E-state index >= 15 is 0 Å². The van der Waals surface area contributed by atoms with Crippen LogP contribution in [0, 0.1) is 5.92 Å².